The number of hydrogen-bond acceptors (Lipinski definition) is 18. The standard InChI is InChI=1S/C23H22N2O7S.C16H15BrN2O6S.C7H9BO3/c1-28-16-8-5-7-14(11-16)15-12-19(31-4)21-20(13-15)32-24-23(21)25-33(26,27)22-17(29-2)9-6-10-18(22)30-3;1-22-10-5-4-6-11(23-2)15(10)26(20,21)19-16-14-12(24-3)7-9(17)8-13(14)25-18-16;1-11-7-4-2-3-6(5-7)8(9)10/h5-13H,1-4H3,(H,24,25);4-8H,1-3H3,(H,18,19);2-5,9-10H,1H3. The zero-order valence-electron chi connectivity index (χ0n) is 38.7. The molecule has 0 aliphatic rings. The molecule has 0 saturated heterocycles. The van der Waals surface area contributed by atoms with E-state index in [-0.39, 0.29) is 44.4 Å². The molecule has 0 fully saturated rings. The van der Waals surface area contributed by atoms with Gasteiger partial charge in [0.05, 0.1) is 56.9 Å². The lowest BCUT2D eigenvalue weighted by Gasteiger charge is -2.14. The largest absolute Gasteiger partial charge is 0.497 e. The lowest BCUT2D eigenvalue weighted by molar-refractivity contribution is 0.373. The van der Waals surface area contributed by atoms with Crippen molar-refractivity contribution in [3.05, 3.63) is 114 Å². The zero-order chi connectivity index (χ0) is 50.8. The Balaban J connectivity index is 0.000000192. The number of benzene rings is 6. The van der Waals surface area contributed by atoms with Crippen LogP contribution in [0.4, 0.5) is 11.6 Å². The number of fused-ring (bicyclic) bond motifs is 2. The Morgan fingerprint density at radius 1 is 0.486 bits per heavy atom. The van der Waals surface area contributed by atoms with Crippen molar-refractivity contribution in [2.45, 2.75) is 9.79 Å². The van der Waals surface area contributed by atoms with Crippen molar-refractivity contribution in [1.29, 1.82) is 0 Å². The number of hydrogen-bond donors (Lipinski definition) is 4. The first-order valence-corrected chi connectivity index (χ1v) is 24.0. The summed E-state index contributed by atoms with van der Waals surface area (Å²) in [5.74, 6) is 2.61. The van der Waals surface area contributed by atoms with E-state index in [2.05, 4.69) is 35.7 Å². The molecule has 0 atom stereocenters. The molecule has 0 amide bonds. The molecule has 2 heterocycles. The SMILES string of the molecule is COc1cccc(-c2cc(OC)c3c(NS(=O)(=O)c4c(OC)cccc4OC)noc3c2)c1.COc1cccc(B(O)O)c1.COc1cccc(OC)c1S(=O)(=O)Nc1noc2cc(Br)cc(OC)c12. The second kappa shape index (κ2) is 22.8. The van der Waals surface area contributed by atoms with Gasteiger partial charge in [0.25, 0.3) is 20.0 Å². The maximum atomic E-state index is 13.3. The number of nitrogens with one attached hydrogen (secondary N) is 2. The van der Waals surface area contributed by atoms with E-state index >= 15 is 0 Å². The summed E-state index contributed by atoms with van der Waals surface area (Å²) in [5.41, 5.74) is 2.80. The molecule has 0 bridgehead atoms. The molecule has 24 heteroatoms. The van der Waals surface area contributed by atoms with Crippen LogP contribution in [0.15, 0.2) is 133 Å². The highest BCUT2D eigenvalue weighted by Crippen LogP contribution is 2.41. The third-order valence-corrected chi connectivity index (χ3v) is 13.3. The summed E-state index contributed by atoms with van der Waals surface area (Å²) < 4.78 is 111. The Bertz CT molecular complexity index is 3290. The third-order valence-electron chi connectivity index (χ3n) is 10.0. The number of anilines is 2. The van der Waals surface area contributed by atoms with Crippen molar-refractivity contribution in [2.24, 2.45) is 0 Å². The average molecular weight is 1070 g/mol. The molecular weight excluding hydrogens is 1020 g/mol. The maximum absolute atomic E-state index is 13.3. The number of aromatic nitrogens is 2. The fourth-order valence-corrected chi connectivity index (χ4v) is 9.87. The summed E-state index contributed by atoms with van der Waals surface area (Å²) in [7, 11) is 1.92. The normalized spacial score (nSPS) is 11.0. The second-order valence-electron chi connectivity index (χ2n) is 14.2. The molecule has 20 nitrogen and oxygen atoms in total. The van der Waals surface area contributed by atoms with Gasteiger partial charge in [0, 0.05) is 4.47 Å². The van der Waals surface area contributed by atoms with Crippen molar-refractivity contribution in [3.63, 3.8) is 0 Å². The number of halogens is 1. The number of rotatable bonds is 16. The summed E-state index contributed by atoms with van der Waals surface area (Å²) in [5, 5.41) is 26.0. The summed E-state index contributed by atoms with van der Waals surface area (Å²) >= 11 is 3.33. The van der Waals surface area contributed by atoms with Crippen LogP contribution in [0.25, 0.3) is 33.1 Å². The van der Waals surface area contributed by atoms with Gasteiger partial charge in [0.1, 0.15) is 56.8 Å². The Morgan fingerprint density at radius 2 is 0.900 bits per heavy atom. The first kappa shape index (κ1) is 52.0. The predicted octanol–water partition coefficient (Wildman–Crippen LogP) is 7.12. The summed E-state index contributed by atoms with van der Waals surface area (Å²) in [6, 6.07) is 30.3. The molecule has 2 aromatic heterocycles. The van der Waals surface area contributed by atoms with E-state index in [9.17, 15) is 16.8 Å². The van der Waals surface area contributed by atoms with Gasteiger partial charge in [-0.05, 0) is 89.4 Å². The van der Waals surface area contributed by atoms with Crippen LogP contribution in [0.1, 0.15) is 0 Å². The Morgan fingerprint density at radius 3 is 1.34 bits per heavy atom. The van der Waals surface area contributed by atoms with Crippen molar-refractivity contribution >= 4 is 82.1 Å². The quantitative estimate of drug-likeness (QED) is 0.0702. The van der Waals surface area contributed by atoms with Crippen LogP contribution in [-0.4, -0.2) is 101 Å². The lowest BCUT2D eigenvalue weighted by Crippen LogP contribution is -2.29. The third kappa shape index (κ3) is 11.5. The monoisotopic (exact) mass is 1060 g/mol. The van der Waals surface area contributed by atoms with Crippen molar-refractivity contribution < 1.29 is 73.8 Å². The molecular formula is C46H46BBrN4O16S2. The Hall–Kier alpha value is -7.38. The number of sulfonamides is 2. The molecule has 0 aliphatic heterocycles. The van der Waals surface area contributed by atoms with Gasteiger partial charge in [0.15, 0.2) is 32.6 Å². The van der Waals surface area contributed by atoms with Gasteiger partial charge < -0.3 is 57.0 Å². The molecule has 8 aromatic rings. The fourth-order valence-electron chi connectivity index (χ4n) is 6.79. The van der Waals surface area contributed by atoms with Gasteiger partial charge in [0.2, 0.25) is 0 Å². The number of nitrogens with zero attached hydrogens (tertiary/aromatic N) is 2. The highest BCUT2D eigenvalue weighted by Gasteiger charge is 2.30. The van der Waals surface area contributed by atoms with Gasteiger partial charge in [-0.3, -0.25) is 9.44 Å². The lowest BCUT2D eigenvalue weighted by atomic mass is 9.80. The zero-order valence-corrected chi connectivity index (χ0v) is 41.9. The summed E-state index contributed by atoms with van der Waals surface area (Å²) in [4.78, 5) is -0.296. The van der Waals surface area contributed by atoms with E-state index < -0.39 is 27.2 Å². The van der Waals surface area contributed by atoms with Crippen LogP contribution in [0.3, 0.4) is 0 Å². The Kier molecular flexibility index (Phi) is 17.0. The Labute approximate surface area is 411 Å². The molecule has 368 valence electrons. The minimum Gasteiger partial charge on any atom is -0.497 e. The highest BCUT2D eigenvalue weighted by molar-refractivity contribution is 9.10. The number of ether oxygens (including phenoxy) is 8. The molecule has 0 spiro atoms. The maximum Gasteiger partial charge on any atom is 0.488 e. The van der Waals surface area contributed by atoms with Gasteiger partial charge in [-0.15, -0.1) is 0 Å². The minimum atomic E-state index is -4.15. The molecule has 70 heavy (non-hydrogen) atoms. The van der Waals surface area contributed by atoms with Gasteiger partial charge in [-0.1, -0.05) is 62.6 Å². The average Bonchev–Trinajstić information content (AvgIpc) is 3.97. The summed E-state index contributed by atoms with van der Waals surface area (Å²) in [6.45, 7) is 0. The number of methoxy groups -OCH3 is 8. The van der Waals surface area contributed by atoms with E-state index in [0.29, 0.717) is 54.9 Å². The van der Waals surface area contributed by atoms with Crippen molar-refractivity contribution in [1.82, 2.24) is 10.3 Å². The molecule has 0 radical (unpaired) electrons. The molecule has 0 unspecified atom stereocenters. The van der Waals surface area contributed by atoms with E-state index in [1.54, 1.807) is 67.8 Å². The van der Waals surface area contributed by atoms with Gasteiger partial charge in [-0.2, -0.15) is 0 Å². The van der Waals surface area contributed by atoms with Crippen LogP contribution in [0.2, 0.25) is 0 Å². The molecule has 0 aliphatic carbocycles. The molecule has 4 N–H and O–H groups in total. The first-order chi connectivity index (χ1) is 33.6. The van der Waals surface area contributed by atoms with Crippen LogP contribution in [0.5, 0.6) is 46.0 Å². The van der Waals surface area contributed by atoms with Crippen LogP contribution in [-0.2, 0) is 20.0 Å². The van der Waals surface area contributed by atoms with E-state index in [1.165, 1.54) is 74.0 Å². The molecule has 6 aromatic carbocycles. The second-order valence-corrected chi connectivity index (χ2v) is 18.3. The fraction of sp³-hybridized carbons (Fsp3) is 0.174. The van der Waals surface area contributed by atoms with Crippen LogP contribution < -0.4 is 52.8 Å². The van der Waals surface area contributed by atoms with Gasteiger partial charge >= 0.3 is 7.12 Å². The highest BCUT2D eigenvalue weighted by atomic mass is 79.9. The molecule has 0 saturated carbocycles. The van der Waals surface area contributed by atoms with E-state index in [0.717, 1.165) is 11.1 Å². The van der Waals surface area contributed by atoms with Crippen molar-refractivity contribution in [2.75, 3.05) is 66.3 Å². The molecule has 8 rings (SSSR count). The van der Waals surface area contributed by atoms with Crippen molar-refractivity contribution in [3.8, 4) is 57.1 Å². The first-order valence-electron chi connectivity index (χ1n) is 20.3. The predicted molar refractivity (Wildman–Crippen MR) is 264 cm³/mol. The van der Waals surface area contributed by atoms with Crippen LogP contribution in [0, 0.1) is 0 Å². The van der Waals surface area contributed by atoms with Crippen LogP contribution >= 0.6 is 15.9 Å². The van der Waals surface area contributed by atoms with E-state index in [4.69, 9.17) is 57.0 Å². The van der Waals surface area contributed by atoms with E-state index in [1.807, 2.05) is 24.3 Å². The minimum absolute atomic E-state index is 0.00249. The summed E-state index contributed by atoms with van der Waals surface area (Å²) in [6.07, 6.45) is 0. The smallest absolute Gasteiger partial charge is 0.488 e. The van der Waals surface area contributed by atoms with Gasteiger partial charge in [-0.25, -0.2) is 16.8 Å². The topological polar surface area (TPSA) is 259 Å².